The fourth-order valence-electron chi connectivity index (χ4n) is 4.43. The van der Waals surface area contributed by atoms with Crippen molar-refractivity contribution in [3.05, 3.63) is 35.2 Å². The van der Waals surface area contributed by atoms with Crippen molar-refractivity contribution in [1.29, 1.82) is 0 Å². The molecule has 3 atom stereocenters. The van der Waals surface area contributed by atoms with Crippen molar-refractivity contribution in [2.75, 3.05) is 13.1 Å². The number of nitrogens with one attached hydrogen (secondary N) is 1. The molecule has 0 radical (unpaired) electrons. The lowest BCUT2D eigenvalue weighted by atomic mass is 9.91. The second-order valence-electron chi connectivity index (χ2n) is 6.72. The lowest BCUT2D eigenvalue weighted by Crippen LogP contribution is -2.51. The summed E-state index contributed by atoms with van der Waals surface area (Å²) >= 11 is 1.70. The van der Waals surface area contributed by atoms with Crippen molar-refractivity contribution in [3.8, 4) is 0 Å². The van der Waals surface area contributed by atoms with Crippen molar-refractivity contribution in [2.24, 2.45) is 5.92 Å². The summed E-state index contributed by atoms with van der Waals surface area (Å²) in [6.07, 6.45) is 3.77. The molecule has 108 valence electrons. The monoisotopic (exact) mass is 298 g/mol. The molecule has 1 aromatic carbocycles. The molecule has 1 aliphatic carbocycles. The van der Waals surface area contributed by atoms with Crippen LogP contribution in [0.2, 0.25) is 0 Å². The summed E-state index contributed by atoms with van der Waals surface area (Å²) < 4.78 is 1.19. The number of benzene rings is 1. The number of fused-ring (bicyclic) bond motifs is 4. The Bertz CT molecular complexity index is 733. The zero-order valence-corrected chi connectivity index (χ0v) is 12.7. The molecule has 5 rings (SSSR count). The van der Waals surface area contributed by atoms with Crippen LogP contribution in [0, 0.1) is 5.92 Å². The van der Waals surface area contributed by atoms with Crippen LogP contribution in [0.3, 0.4) is 0 Å². The van der Waals surface area contributed by atoms with E-state index in [0.717, 1.165) is 5.56 Å². The molecule has 1 amide bonds. The Morgan fingerprint density at radius 3 is 3.10 bits per heavy atom. The maximum Gasteiger partial charge on any atom is 0.251 e. The molecular formula is C17H18N2OS. The Balaban J connectivity index is 1.42. The maximum atomic E-state index is 12.6. The SMILES string of the molecule is O=C(NC1C2CCN(C2)C12CC2)c1ccc2ccsc2c1. The minimum Gasteiger partial charge on any atom is -0.347 e. The van der Waals surface area contributed by atoms with E-state index in [1.54, 1.807) is 11.3 Å². The zero-order chi connectivity index (χ0) is 14.0. The summed E-state index contributed by atoms with van der Waals surface area (Å²) in [4.78, 5) is 15.2. The Morgan fingerprint density at radius 1 is 1.33 bits per heavy atom. The third kappa shape index (κ3) is 1.66. The van der Waals surface area contributed by atoms with Crippen LogP contribution in [0.25, 0.3) is 10.1 Å². The molecule has 1 N–H and O–H groups in total. The lowest BCUT2D eigenvalue weighted by molar-refractivity contribution is 0.0892. The Kier molecular flexibility index (Phi) is 2.37. The van der Waals surface area contributed by atoms with Gasteiger partial charge in [-0.15, -0.1) is 11.3 Å². The van der Waals surface area contributed by atoms with E-state index in [0.29, 0.717) is 17.5 Å². The van der Waals surface area contributed by atoms with Crippen molar-refractivity contribution in [3.63, 3.8) is 0 Å². The van der Waals surface area contributed by atoms with Gasteiger partial charge in [0.1, 0.15) is 0 Å². The normalized spacial score (nSPS) is 31.9. The van der Waals surface area contributed by atoms with Gasteiger partial charge in [0.25, 0.3) is 5.91 Å². The Labute approximate surface area is 127 Å². The summed E-state index contributed by atoms with van der Waals surface area (Å²) in [5, 5.41) is 6.66. The van der Waals surface area contributed by atoms with Gasteiger partial charge in [0, 0.05) is 22.3 Å². The highest BCUT2D eigenvalue weighted by Crippen LogP contribution is 2.55. The fraction of sp³-hybridized carbons (Fsp3) is 0.471. The van der Waals surface area contributed by atoms with E-state index in [1.807, 2.05) is 12.1 Å². The van der Waals surface area contributed by atoms with Crippen LogP contribution >= 0.6 is 11.3 Å². The summed E-state index contributed by atoms with van der Waals surface area (Å²) in [7, 11) is 0. The highest BCUT2D eigenvalue weighted by molar-refractivity contribution is 7.17. The number of amides is 1. The van der Waals surface area contributed by atoms with Gasteiger partial charge in [-0.1, -0.05) is 6.07 Å². The van der Waals surface area contributed by atoms with E-state index in [2.05, 4.69) is 27.7 Å². The van der Waals surface area contributed by atoms with Gasteiger partial charge in [-0.3, -0.25) is 9.69 Å². The van der Waals surface area contributed by atoms with Crippen molar-refractivity contribution < 1.29 is 4.79 Å². The van der Waals surface area contributed by atoms with Crippen molar-refractivity contribution >= 4 is 27.3 Å². The third-order valence-electron chi connectivity index (χ3n) is 5.67. The minimum atomic E-state index is 0.107. The van der Waals surface area contributed by atoms with Gasteiger partial charge in [0.2, 0.25) is 0 Å². The molecule has 1 aromatic heterocycles. The number of thiophene rings is 1. The molecule has 3 fully saturated rings. The molecule has 21 heavy (non-hydrogen) atoms. The van der Waals surface area contributed by atoms with Gasteiger partial charge in [-0.25, -0.2) is 0 Å². The van der Waals surface area contributed by atoms with Crippen molar-refractivity contribution in [2.45, 2.75) is 30.8 Å². The second kappa shape index (κ2) is 4.08. The van der Waals surface area contributed by atoms with Crippen LogP contribution in [0.15, 0.2) is 29.6 Å². The highest BCUT2D eigenvalue weighted by Gasteiger charge is 2.63. The number of rotatable bonds is 2. The lowest BCUT2D eigenvalue weighted by Gasteiger charge is -2.33. The van der Waals surface area contributed by atoms with Crippen LogP contribution < -0.4 is 5.32 Å². The number of carbonyl (C=O) groups is 1. The molecule has 3 heterocycles. The largest absolute Gasteiger partial charge is 0.347 e. The van der Waals surface area contributed by atoms with Crippen LogP contribution in [0.5, 0.6) is 0 Å². The number of hydrogen-bond acceptors (Lipinski definition) is 3. The van der Waals surface area contributed by atoms with E-state index >= 15 is 0 Å². The smallest absolute Gasteiger partial charge is 0.251 e. The zero-order valence-electron chi connectivity index (χ0n) is 11.8. The molecule has 2 saturated heterocycles. The summed E-state index contributed by atoms with van der Waals surface area (Å²) in [5.41, 5.74) is 1.13. The Hall–Kier alpha value is -1.39. The predicted octanol–water partition coefficient (Wildman–Crippen LogP) is 2.87. The van der Waals surface area contributed by atoms with E-state index in [4.69, 9.17) is 0 Å². The van der Waals surface area contributed by atoms with Gasteiger partial charge in [0.05, 0.1) is 6.04 Å². The summed E-state index contributed by atoms with van der Waals surface area (Å²) in [5.74, 6) is 0.775. The van der Waals surface area contributed by atoms with E-state index < -0.39 is 0 Å². The number of carbonyl (C=O) groups excluding carboxylic acids is 1. The molecular weight excluding hydrogens is 280 g/mol. The standard InChI is InChI=1S/C17H18N2OS/c20-16(12-2-1-11-4-8-21-14(11)9-12)18-15-13-3-7-19(10-13)17(15)5-6-17/h1-2,4,8-9,13,15H,3,5-7,10H2,(H,18,20). The number of hydrogen-bond donors (Lipinski definition) is 1. The third-order valence-corrected chi connectivity index (χ3v) is 6.55. The van der Waals surface area contributed by atoms with Crippen LogP contribution in [-0.2, 0) is 0 Å². The van der Waals surface area contributed by atoms with E-state index in [-0.39, 0.29) is 5.91 Å². The fourth-order valence-corrected chi connectivity index (χ4v) is 5.26. The molecule has 2 aliphatic heterocycles. The molecule has 4 heteroatoms. The molecule has 3 aliphatic rings. The van der Waals surface area contributed by atoms with E-state index in [1.165, 1.54) is 42.4 Å². The molecule has 3 unspecified atom stereocenters. The Morgan fingerprint density at radius 2 is 2.24 bits per heavy atom. The first kappa shape index (κ1) is 12.2. The highest BCUT2D eigenvalue weighted by atomic mass is 32.1. The average Bonchev–Trinajstić information content (AvgIpc) is 2.91. The van der Waals surface area contributed by atoms with Gasteiger partial charge < -0.3 is 5.32 Å². The van der Waals surface area contributed by atoms with Gasteiger partial charge in [-0.2, -0.15) is 0 Å². The summed E-state index contributed by atoms with van der Waals surface area (Å²) in [6, 6.07) is 8.51. The van der Waals surface area contributed by atoms with Gasteiger partial charge in [0.15, 0.2) is 0 Å². The quantitative estimate of drug-likeness (QED) is 0.924. The molecule has 2 bridgehead atoms. The molecule has 1 spiro atoms. The van der Waals surface area contributed by atoms with E-state index in [9.17, 15) is 4.79 Å². The first-order chi connectivity index (χ1) is 10.3. The van der Waals surface area contributed by atoms with Crippen LogP contribution in [0.1, 0.15) is 29.6 Å². The average molecular weight is 298 g/mol. The first-order valence-corrected chi connectivity index (χ1v) is 8.67. The number of nitrogens with zero attached hydrogens (tertiary/aromatic N) is 1. The maximum absolute atomic E-state index is 12.6. The topological polar surface area (TPSA) is 32.3 Å². The minimum absolute atomic E-state index is 0.107. The predicted molar refractivity (Wildman–Crippen MR) is 84.7 cm³/mol. The van der Waals surface area contributed by atoms with Crippen molar-refractivity contribution in [1.82, 2.24) is 10.2 Å². The molecule has 3 nitrogen and oxygen atoms in total. The first-order valence-electron chi connectivity index (χ1n) is 7.79. The number of piperidine rings is 1. The van der Waals surface area contributed by atoms with Gasteiger partial charge in [-0.05, 0) is 60.7 Å². The molecule has 2 aromatic rings. The van der Waals surface area contributed by atoms with Crippen LogP contribution in [-0.4, -0.2) is 35.5 Å². The van der Waals surface area contributed by atoms with Crippen LogP contribution in [0.4, 0.5) is 0 Å². The second-order valence-corrected chi connectivity index (χ2v) is 7.67. The van der Waals surface area contributed by atoms with Gasteiger partial charge >= 0.3 is 0 Å². The molecule has 1 saturated carbocycles. The summed E-state index contributed by atoms with van der Waals surface area (Å²) in [6.45, 7) is 2.42.